The number of nitrogens with one attached hydrogen (secondary N) is 2. The quantitative estimate of drug-likeness (QED) is 0.786. The molecule has 0 unspecified atom stereocenters. The van der Waals surface area contributed by atoms with E-state index in [4.69, 9.17) is 5.26 Å². The maximum Gasteiger partial charge on any atom is 0.241 e. The fourth-order valence-electron chi connectivity index (χ4n) is 1.46. The molecule has 0 fully saturated rings. The summed E-state index contributed by atoms with van der Waals surface area (Å²) < 4.78 is 26.2. The molecule has 0 bridgehead atoms. The highest BCUT2D eigenvalue weighted by molar-refractivity contribution is 7.89. The van der Waals surface area contributed by atoms with Crippen molar-refractivity contribution in [2.45, 2.75) is 18.2 Å². The summed E-state index contributed by atoms with van der Waals surface area (Å²) in [7, 11) is -3.77. The van der Waals surface area contributed by atoms with Crippen molar-refractivity contribution in [1.82, 2.24) is 10.0 Å². The van der Waals surface area contributed by atoms with E-state index in [1.807, 2.05) is 6.07 Å². The van der Waals surface area contributed by atoms with Crippen molar-refractivity contribution >= 4 is 15.9 Å². The molecule has 6 nitrogen and oxygen atoms in total. The van der Waals surface area contributed by atoms with Crippen LogP contribution in [0.3, 0.4) is 0 Å². The second-order valence-electron chi connectivity index (χ2n) is 3.71. The van der Waals surface area contributed by atoms with E-state index in [-0.39, 0.29) is 29.3 Å². The largest absolute Gasteiger partial charge is 0.356 e. The molecule has 102 valence electrons. The number of nitriles is 1. The van der Waals surface area contributed by atoms with Gasteiger partial charge in [-0.05, 0) is 19.1 Å². The Morgan fingerprint density at radius 1 is 1.37 bits per heavy atom. The number of hydrogen-bond donors (Lipinski definition) is 2. The first-order chi connectivity index (χ1) is 9.01. The van der Waals surface area contributed by atoms with Crippen molar-refractivity contribution < 1.29 is 13.2 Å². The zero-order valence-corrected chi connectivity index (χ0v) is 11.3. The summed E-state index contributed by atoms with van der Waals surface area (Å²) >= 11 is 0. The van der Waals surface area contributed by atoms with Crippen LogP contribution in [0.5, 0.6) is 0 Å². The van der Waals surface area contributed by atoms with E-state index >= 15 is 0 Å². The predicted octanol–water partition coefficient (Wildman–Crippen LogP) is 0.363. The van der Waals surface area contributed by atoms with Crippen LogP contribution in [-0.4, -0.2) is 27.4 Å². The number of hydrogen-bond acceptors (Lipinski definition) is 4. The molecule has 0 spiro atoms. The minimum atomic E-state index is -3.77. The molecular weight excluding hydrogens is 266 g/mol. The first-order valence-corrected chi connectivity index (χ1v) is 7.25. The van der Waals surface area contributed by atoms with Crippen LogP contribution in [0.25, 0.3) is 0 Å². The second kappa shape index (κ2) is 6.87. The molecule has 1 aromatic carbocycles. The lowest BCUT2D eigenvalue weighted by Gasteiger charge is -2.07. The summed E-state index contributed by atoms with van der Waals surface area (Å²) in [6.45, 7) is 2.28. The van der Waals surface area contributed by atoms with Crippen LogP contribution in [0.2, 0.25) is 0 Å². The van der Waals surface area contributed by atoms with Crippen LogP contribution in [-0.2, 0) is 14.8 Å². The number of sulfonamides is 1. The molecule has 0 saturated carbocycles. The maximum absolute atomic E-state index is 12.0. The molecule has 0 saturated heterocycles. The van der Waals surface area contributed by atoms with E-state index in [1.54, 1.807) is 19.1 Å². The van der Waals surface area contributed by atoms with Gasteiger partial charge in [-0.15, -0.1) is 0 Å². The summed E-state index contributed by atoms with van der Waals surface area (Å²) in [4.78, 5) is 11.1. The van der Waals surface area contributed by atoms with E-state index < -0.39 is 10.0 Å². The lowest BCUT2D eigenvalue weighted by atomic mass is 10.2. The van der Waals surface area contributed by atoms with Crippen LogP contribution < -0.4 is 10.0 Å². The summed E-state index contributed by atoms with van der Waals surface area (Å²) in [5.74, 6) is -0.223. The molecule has 0 radical (unpaired) electrons. The van der Waals surface area contributed by atoms with Gasteiger partial charge in [0.1, 0.15) is 6.07 Å². The van der Waals surface area contributed by atoms with Gasteiger partial charge in [0.05, 0.1) is 10.5 Å². The normalized spacial score (nSPS) is 10.7. The fourth-order valence-corrected chi connectivity index (χ4v) is 2.64. The molecule has 0 aliphatic rings. The molecule has 19 heavy (non-hydrogen) atoms. The van der Waals surface area contributed by atoms with Crippen molar-refractivity contribution in [3.05, 3.63) is 29.8 Å². The Balaban J connectivity index is 2.72. The Morgan fingerprint density at radius 2 is 2.05 bits per heavy atom. The summed E-state index contributed by atoms with van der Waals surface area (Å²) in [5.41, 5.74) is 0.0769. The Kier molecular flexibility index (Phi) is 5.48. The molecule has 1 amide bonds. The number of rotatable bonds is 6. The van der Waals surface area contributed by atoms with Crippen molar-refractivity contribution in [3.63, 3.8) is 0 Å². The number of nitrogens with zero attached hydrogens (tertiary/aromatic N) is 1. The first kappa shape index (κ1) is 15.1. The Morgan fingerprint density at radius 3 is 2.68 bits per heavy atom. The van der Waals surface area contributed by atoms with Crippen molar-refractivity contribution in [2.24, 2.45) is 0 Å². The van der Waals surface area contributed by atoms with Crippen LogP contribution in [0.15, 0.2) is 29.2 Å². The number of carbonyl (C=O) groups is 1. The molecule has 2 N–H and O–H groups in total. The smallest absolute Gasteiger partial charge is 0.241 e. The standard InChI is InChI=1S/C12H15N3O3S/c1-2-14-12(16)7-8-15-19(17,18)11-6-4-3-5-10(11)9-13/h3-6,15H,2,7-8H2,1H3,(H,14,16). The minimum absolute atomic E-state index is 0.00602. The zero-order chi connectivity index (χ0) is 14.3. The average Bonchev–Trinajstić information content (AvgIpc) is 2.38. The second-order valence-corrected chi connectivity index (χ2v) is 5.44. The lowest BCUT2D eigenvalue weighted by Crippen LogP contribution is -2.31. The van der Waals surface area contributed by atoms with E-state index in [0.29, 0.717) is 6.54 Å². The van der Waals surface area contributed by atoms with Gasteiger partial charge in [-0.3, -0.25) is 4.79 Å². The minimum Gasteiger partial charge on any atom is -0.356 e. The van der Waals surface area contributed by atoms with Gasteiger partial charge in [0, 0.05) is 19.5 Å². The highest BCUT2D eigenvalue weighted by atomic mass is 32.2. The van der Waals surface area contributed by atoms with Crippen molar-refractivity contribution in [3.8, 4) is 6.07 Å². The van der Waals surface area contributed by atoms with Crippen molar-refractivity contribution in [2.75, 3.05) is 13.1 Å². The Hall–Kier alpha value is -1.91. The van der Waals surface area contributed by atoms with Crippen LogP contribution in [0, 0.1) is 11.3 Å². The van der Waals surface area contributed by atoms with Crippen LogP contribution in [0.4, 0.5) is 0 Å². The van der Waals surface area contributed by atoms with Gasteiger partial charge in [0.2, 0.25) is 15.9 Å². The number of amides is 1. The molecule has 1 rings (SSSR count). The van der Waals surface area contributed by atoms with Gasteiger partial charge < -0.3 is 5.32 Å². The highest BCUT2D eigenvalue weighted by Crippen LogP contribution is 2.13. The molecule has 7 heteroatoms. The SMILES string of the molecule is CCNC(=O)CCNS(=O)(=O)c1ccccc1C#N. The zero-order valence-electron chi connectivity index (χ0n) is 10.5. The third kappa shape index (κ3) is 4.35. The van der Waals surface area contributed by atoms with Gasteiger partial charge in [-0.2, -0.15) is 5.26 Å². The fraction of sp³-hybridized carbons (Fsp3) is 0.333. The molecule has 0 aromatic heterocycles. The van der Waals surface area contributed by atoms with E-state index in [0.717, 1.165) is 0 Å². The maximum atomic E-state index is 12.0. The first-order valence-electron chi connectivity index (χ1n) is 5.76. The third-order valence-corrected chi connectivity index (χ3v) is 3.83. The number of carbonyl (C=O) groups excluding carboxylic acids is 1. The molecule has 0 atom stereocenters. The average molecular weight is 281 g/mol. The topological polar surface area (TPSA) is 99.1 Å². The van der Waals surface area contributed by atoms with Crippen LogP contribution in [0.1, 0.15) is 18.9 Å². The molecule has 1 aromatic rings. The van der Waals surface area contributed by atoms with E-state index in [9.17, 15) is 13.2 Å². The van der Waals surface area contributed by atoms with Gasteiger partial charge in [0.15, 0.2) is 0 Å². The summed E-state index contributed by atoms with van der Waals surface area (Å²) in [6.07, 6.45) is 0.0573. The Bertz CT molecular complexity index is 590. The monoisotopic (exact) mass is 281 g/mol. The molecule has 0 heterocycles. The van der Waals surface area contributed by atoms with Gasteiger partial charge in [-0.25, -0.2) is 13.1 Å². The lowest BCUT2D eigenvalue weighted by molar-refractivity contribution is -0.120. The van der Waals surface area contributed by atoms with Gasteiger partial charge >= 0.3 is 0 Å². The van der Waals surface area contributed by atoms with E-state index in [2.05, 4.69) is 10.0 Å². The van der Waals surface area contributed by atoms with Crippen molar-refractivity contribution in [1.29, 1.82) is 5.26 Å². The Labute approximate surface area is 112 Å². The third-order valence-electron chi connectivity index (χ3n) is 2.32. The van der Waals surface area contributed by atoms with Gasteiger partial charge in [0.25, 0.3) is 0 Å². The molecule has 0 aliphatic carbocycles. The molecular formula is C12H15N3O3S. The molecule has 0 aliphatic heterocycles. The van der Waals surface area contributed by atoms with Crippen LogP contribution >= 0.6 is 0 Å². The highest BCUT2D eigenvalue weighted by Gasteiger charge is 2.17. The summed E-state index contributed by atoms with van der Waals surface area (Å²) in [5, 5.41) is 11.4. The van der Waals surface area contributed by atoms with Gasteiger partial charge in [-0.1, -0.05) is 12.1 Å². The summed E-state index contributed by atoms with van der Waals surface area (Å²) in [6, 6.07) is 7.74. The van der Waals surface area contributed by atoms with E-state index in [1.165, 1.54) is 12.1 Å². The predicted molar refractivity (Wildman–Crippen MR) is 69.6 cm³/mol. The number of benzene rings is 1.